The largest absolute Gasteiger partial charge is 0.495 e. The Morgan fingerprint density at radius 3 is 2.53 bits per heavy atom. The Bertz CT molecular complexity index is 416. The van der Waals surface area contributed by atoms with E-state index in [1.165, 1.54) is 0 Å². The number of thioether (sulfide) groups is 1. The van der Waals surface area contributed by atoms with E-state index in [1.807, 2.05) is 39.2 Å². The number of aryl methyl sites for hydroxylation is 1. The van der Waals surface area contributed by atoms with Gasteiger partial charge in [0.2, 0.25) is 5.91 Å². The van der Waals surface area contributed by atoms with Crippen molar-refractivity contribution in [2.45, 2.75) is 25.7 Å². The van der Waals surface area contributed by atoms with Crippen molar-refractivity contribution in [1.82, 2.24) is 0 Å². The second kappa shape index (κ2) is 5.96. The van der Waals surface area contributed by atoms with E-state index in [0.717, 1.165) is 16.1 Å². The first-order chi connectivity index (χ1) is 7.99. The summed E-state index contributed by atoms with van der Waals surface area (Å²) in [6.45, 7) is 5.76. The molecule has 0 aliphatic rings. The minimum Gasteiger partial charge on any atom is -0.495 e. The molecule has 1 amide bonds. The lowest BCUT2D eigenvalue weighted by molar-refractivity contribution is -0.118. The Morgan fingerprint density at radius 2 is 2.06 bits per heavy atom. The molecule has 94 valence electrons. The molecule has 1 aromatic rings. The van der Waals surface area contributed by atoms with Gasteiger partial charge in [0.25, 0.3) is 0 Å². The summed E-state index contributed by atoms with van der Waals surface area (Å²) in [7, 11) is 1.61. The van der Waals surface area contributed by atoms with E-state index in [4.69, 9.17) is 4.74 Å². The van der Waals surface area contributed by atoms with Crippen molar-refractivity contribution >= 4 is 23.4 Å². The molecule has 0 aliphatic carbocycles. The molecule has 0 aromatic heterocycles. The Labute approximate surface area is 107 Å². The van der Waals surface area contributed by atoms with Crippen molar-refractivity contribution in [2.24, 2.45) is 5.92 Å². The van der Waals surface area contributed by atoms with Crippen LogP contribution in [0, 0.1) is 12.8 Å². The van der Waals surface area contributed by atoms with Crippen LogP contribution in [0.5, 0.6) is 5.75 Å². The SMILES string of the molecule is COc1cc(SC)c(C)cc1NC(=O)C(C)C. The average Bonchev–Trinajstić information content (AvgIpc) is 2.29. The zero-order chi connectivity index (χ0) is 13.0. The van der Waals surface area contributed by atoms with E-state index in [-0.39, 0.29) is 11.8 Å². The Kier molecular flexibility index (Phi) is 4.87. The first kappa shape index (κ1) is 13.9. The number of hydrogen-bond acceptors (Lipinski definition) is 3. The molecule has 1 aromatic carbocycles. The smallest absolute Gasteiger partial charge is 0.227 e. The van der Waals surface area contributed by atoms with Crippen LogP contribution < -0.4 is 10.1 Å². The van der Waals surface area contributed by atoms with Crippen LogP contribution in [0.2, 0.25) is 0 Å². The maximum Gasteiger partial charge on any atom is 0.227 e. The van der Waals surface area contributed by atoms with Gasteiger partial charge < -0.3 is 10.1 Å². The van der Waals surface area contributed by atoms with Gasteiger partial charge in [-0.05, 0) is 30.9 Å². The van der Waals surface area contributed by atoms with Crippen LogP contribution in [0.3, 0.4) is 0 Å². The van der Waals surface area contributed by atoms with E-state index < -0.39 is 0 Å². The molecular formula is C13H19NO2S. The minimum absolute atomic E-state index is 0.000369. The van der Waals surface area contributed by atoms with Crippen LogP contribution >= 0.6 is 11.8 Å². The van der Waals surface area contributed by atoms with Crippen molar-refractivity contribution in [1.29, 1.82) is 0 Å². The lowest BCUT2D eigenvalue weighted by Gasteiger charge is -2.14. The summed E-state index contributed by atoms with van der Waals surface area (Å²) in [5.74, 6) is 0.661. The standard InChI is InChI=1S/C13H19NO2S/c1-8(2)13(15)14-10-6-9(3)12(17-5)7-11(10)16-4/h6-8H,1-5H3,(H,14,15). The summed E-state index contributed by atoms with van der Waals surface area (Å²) < 4.78 is 5.30. The minimum atomic E-state index is -0.0414. The average molecular weight is 253 g/mol. The highest BCUT2D eigenvalue weighted by Crippen LogP contribution is 2.32. The molecule has 0 heterocycles. The van der Waals surface area contributed by atoms with Gasteiger partial charge in [-0.25, -0.2) is 0 Å². The van der Waals surface area contributed by atoms with Gasteiger partial charge >= 0.3 is 0 Å². The normalized spacial score (nSPS) is 10.5. The molecule has 4 heteroatoms. The second-order valence-corrected chi connectivity index (χ2v) is 5.01. The summed E-state index contributed by atoms with van der Waals surface area (Å²) >= 11 is 1.67. The van der Waals surface area contributed by atoms with Gasteiger partial charge in [-0.15, -0.1) is 11.8 Å². The van der Waals surface area contributed by atoms with Gasteiger partial charge in [-0.3, -0.25) is 4.79 Å². The maximum absolute atomic E-state index is 11.7. The number of anilines is 1. The third-order valence-electron chi connectivity index (χ3n) is 2.50. The number of hydrogen-bond donors (Lipinski definition) is 1. The highest BCUT2D eigenvalue weighted by molar-refractivity contribution is 7.98. The molecule has 0 saturated heterocycles. The molecule has 0 unspecified atom stereocenters. The fourth-order valence-corrected chi connectivity index (χ4v) is 2.04. The van der Waals surface area contributed by atoms with Gasteiger partial charge in [0.1, 0.15) is 5.75 Å². The zero-order valence-corrected chi connectivity index (χ0v) is 11.8. The van der Waals surface area contributed by atoms with Gasteiger partial charge in [0.05, 0.1) is 12.8 Å². The first-order valence-electron chi connectivity index (χ1n) is 5.53. The molecule has 0 aliphatic heterocycles. The van der Waals surface area contributed by atoms with Crippen molar-refractivity contribution in [3.8, 4) is 5.75 Å². The maximum atomic E-state index is 11.7. The van der Waals surface area contributed by atoms with E-state index >= 15 is 0 Å². The molecule has 17 heavy (non-hydrogen) atoms. The fraction of sp³-hybridized carbons (Fsp3) is 0.462. The van der Waals surface area contributed by atoms with E-state index in [0.29, 0.717) is 5.75 Å². The van der Waals surface area contributed by atoms with Gasteiger partial charge in [-0.2, -0.15) is 0 Å². The third-order valence-corrected chi connectivity index (χ3v) is 3.38. The number of nitrogens with one attached hydrogen (secondary N) is 1. The van der Waals surface area contributed by atoms with Crippen LogP contribution in [-0.4, -0.2) is 19.3 Å². The Hall–Kier alpha value is -1.16. The fourth-order valence-electron chi connectivity index (χ4n) is 1.43. The van der Waals surface area contributed by atoms with Crippen LogP contribution in [0.1, 0.15) is 19.4 Å². The highest BCUT2D eigenvalue weighted by Gasteiger charge is 2.12. The summed E-state index contributed by atoms with van der Waals surface area (Å²) in [5, 5.41) is 2.88. The predicted molar refractivity (Wildman–Crippen MR) is 73.0 cm³/mol. The number of carbonyl (C=O) groups is 1. The molecule has 3 nitrogen and oxygen atoms in total. The lowest BCUT2D eigenvalue weighted by atomic mass is 10.1. The predicted octanol–water partition coefficient (Wildman–Crippen LogP) is 3.32. The molecule has 0 saturated carbocycles. The van der Waals surface area contributed by atoms with Gasteiger partial charge in [0.15, 0.2) is 0 Å². The van der Waals surface area contributed by atoms with Crippen molar-refractivity contribution < 1.29 is 9.53 Å². The number of benzene rings is 1. The first-order valence-corrected chi connectivity index (χ1v) is 6.75. The molecule has 0 atom stereocenters. The zero-order valence-electron chi connectivity index (χ0n) is 11.0. The molecule has 0 radical (unpaired) electrons. The molecule has 0 spiro atoms. The summed E-state index contributed by atoms with van der Waals surface area (Å²) in [6, 6.07) is 3.90. The van der Waals surface area contributed by atoms with Crippen molar-refractivity contribution in [3.63, 3.8) is 0 Å². The highest BCUT2D eigenvalue weighted by atomic mass is 32.2. The van der Waals surface area contributed by atoms with Crippen LogP contribution in [0.25, 0.3) is 0 Å². The topological polar surface area (TPSA) is 38.3 Å². The Morgan fingerprint density at radius 1 is 1.41 bits per heavy atom. The van der Waals surface area contributed by atoms with Crippen LogP contribution in [0.4, 0.5) is 5.69 Å². The molecule has 1 rings (SSSR count). The number of rotatable bonds is 4. The van der Waals surface area contributed by atoms with Crippen molar-refractivity contribution in [2.75, 3.05) is 18.7 Å². The number of methoxy groups -OCH3 is 1. The van der Waals surface area contributed by atoms with Crippen LogP contribution in [0.15, 0.2) is 17.0 Å². The molecular weight excluding hydrogens is 234 g/mol. The monoisotopic (exact) mass is 253 g/mol. The number of ether oxygens (including phenoxy) is 1. The van der Waals surface area contributed by atoms with Crippen molar-refractivity contribution in [3.05, 3.63) is 17.7 Å². The molecule has 0 fully saturated rings. The van der Waals surface area contributed by atoms with Crippen LogP contribution in [-0.2, 0) is 4.79 Å². The second-order valence-electron chi connectivity index (χ2n) is 4.17. The van der Waals surface area contributed by atoms with Gasteiger partial charge in [-0.1, -0.05) is 13.8 Å². The number of amides is 1. The number of carbonyl (C=O) groups excluding carboxylic acids is 1. The summed E-state index contributed by atoms with van der Waals surface area (Å²) in [4.78, 5) is 12.8. The van der Waals surface area contributed by atoms with Gasteiger partial charge in [0, 0.05) is 10.8 Å². The summed E-state index contributed by atoms with van der Waals surface area (Å²) in [6.07, 6.45) is 2.02. The molecule has 0 bridgehead atoms. The quantitative estimate of drug-likeness (QED) is 0.837. The summed E-state index contributed by atoms with van der Waals surface area (Å²) in [5.41, 5.74) is 1.87. The third kappa shape index (κ3) is 3.40. The van der Waals surface area contributed by atoms with E-state index in [9.17, 15) is 4.79 Å². The van der Waals surface area contributed by atoms with E-state index in [1.54, 1.807) is 18.9 Å². The molecule has 1 N–H and O–H groups in total. The van der Waals surface area contributed by atoms with E-state index in [2.05, 4.69) is 5.32 Å². The Balaban J connectivity index is 3.06. The lowest BCUT2D eigenvalue weighted by Crippen LogP contribution is -2.18.